The number of nitrogens with two attached hydrogens (primary N) is 1. The lowest BCUT2D eigenvalue weighted by Crippen LogP contribution is -2.36. The highest BCUT2D eigenvalue weighted by molar-refractivity contribution is 7.15. The Bertz CT molecular complexity index is 403. The van der Waals surface area contributed by atoms with Crippen LogP contribution in [0.5, 0.6) is 0 Å². The Morgan fingerprint density at radius 2 is 2.18 bits per heavy atom. The Morgan fingerprint density at radius 1 is 1.47 bits per heavy atom. The van der Waals surface area contributed by atoms with E-state index < -0.39 is 0 Å². The maximum atomic E-state index is 11.4. The molecule has 0 unspecified atom stereocenters. The zero-order valence-corrected chi connectivity index (χ0v) is 10.6. The second-order valence-electron chi connectivity index (χ2n) is 3.75. The molecule has 1 aromatic heterocycles. The molecule has 0 atom stereocenters. The first-order valence-corrected chi connectivity index (χ1v) is 6.07. The van der Waals surface area contributed by atoms with Crippen LogP contribution in [0, 0.1) is 0 Å². The third kappa shape index (κ3) is 4.49. The lowest BCUT2D eigenvalue weighted by Gasteiger charge is -2.03. The quantitative estimate of drug-likeness (QED) is 0.705. The molecule has 0 aliphatic heterocycles. The molecule has 0 saturated heterocycles. The fourth-order valence-electron chi connectivity index (χ4n) is 1.03. The molecule has 1 aromatic rings. The van der Waals surface area contributed by atoms with E-state index in [2.05, 4.69) is 29.5 Å². The SMILES string of the molecule is CC(C)c1cnc(NC(=O)CNC(=O)CN)s1. The third-order valence-electron chi connectivity index (χ3n) is 1.97. The van der Waals surface area contributed by atoms with Gasteiger partial charge in [0.25, 0.3) is 0 Å². The summed E-state index contributed by atoms with van der Waals surface area (Å²) in [6.07, 6.45) is 1.74. The molecule has 0 bridgehead atoms. The molecule has 0 fully saturated rings. The van der Waals surface area contributed by atoms with Gasteiger partial charge in [0, 0.05) is 11.1 Å². The Labute approximate surface area is 104 Å². The van der Waals surface area contributed by atoms with E-state index in [4.69, 9.17) is 5.73 Å². The molecule has 2 amide bonds. The maximum absolute atomic E-state index is 11.4. The van der Waals surface area contributed by atoms with Gasteiger partial charge in [-0.25, -0.2) is 4.98 Å². The average molecular weight is 256 g/mol. The average Bonchev–Trinajstić information content (AvgIpc) is 2.74. The second-order valence-corrected chi connectivity index (χ2v) is 4.81. The Kier molecular flexibility index (Phi) is 5.05. The molecule has 0 aliphatic carbocycles. The molecule has 0 aromatic carbocycles. The van der Waals surface area contributed by atoms with Crippen LogP contribution < -0.4 is 16.4 Å². The lowest BCUT2D eigenvalue weighted by atomic mass is 10.2. The van der Waals surface area contributed by atoms with Gasteiger partial charge in [-0.3, -0.25) is 9.59 Å². The summed E-state index contributed by atoms with van der Waals surface area (Å²) in [5.74, 6) is -0.284. The van der Waals surface area contributed by atoms with Crippen LogP contribution in [0.25, 0.3) is 0 Å². The summed E-state index contributed by atoms with van der Waals surface area (Å²) in [4.78, 5) is 27.4. The van der Waals surface area contributed by atoms with Crippen LogP contribution in [0.2, 0.25) is 0 Å². The molecule has 17 heavy (non-hydrogen) atoms. The first-order chi connectivity index (χ1) is 8.02. The van der Waals surface area contributed by atoms with Gasteiger partial charge in [0.2, 0.25) is 11.8 Å². The van der Waals surface area contributed by atoms with Crippen LogP contribution in [0.1, 0.15) is 24.6 Å². The highest BCUT2D eigenvalue weighted by Gasteiger charge is 2.09. The Morgan fingerprint density at radius 3 is 2.71 bits per heavy atom. The van der Waals surface area contributed by atoms with Crippen LogP contribution in [0.4, 0.5) is 5.13 Å². The van der Waals surface area contributed by atoms with E-state index in [0.717, 1.165) is 4.88 Å². The van der Waals surface area contributed by atoms with Crippen LogP contribution in [0.15, 0.2) is 6.20 Å². The van der Waals surface area contributed by atoms with Crippen molar-refractivity contribution >= 4 is 28.3 Å². The standard InChI is InChI=1S/C10H16N4O2S/c1-6(2)7-4-13-10(17-7)14-9(16)5-12-8(15)3-11/h4,6H,3,5,11H2,1-2H3,(H,12,15)(H,13,14,16). The van der Waals surface area contributed by atoms with Crippen molar-refractivity contribution in [3.63, 3.8) is 0 Å². The molecule has 1 rings (SSSR count). The second kappa shape index (κ2) is 6.31. The number of thiazole rings is 1. The summed E-state index contributed by atoms with van der Waals surface area (Å²) in [6.45, 7) is 3.90. The van der Waals surface area contributed by atoms with Crippen molar-refractivity contribution in [3.05, 3.63) is 11.1 Å². The van der Waals surface area contributed by atoms with Gasteiger partial charge in [-0.2, -0.15) is 0 Å². The third-order valence-corrected chi connectivity index (χ3v) is 3.18. The monoisotopic (exact) mass is 256 g/mol. The molecular formula is C10H16N4O2S. The van der Waals surface area contributed by atoms with E-state index in [0.29, 0.717) is 11.0 Å². The van der Waals surface area contributed by atoms with Gasteiger partial charge < -0.3 is 16.4 Å². The summed E-state index contributed by atoms with van der Waals surface area (Å²) in [5, 5.41) is 5.53. The molecule has 0 saturated carbocycles. The van der Waals surface area contributed by atoms with Crippen LogP contribution in [0.3, 0.4) is 0 Å². The number of anilines is 1. The normalized spacial score (nSPS) is 10.4. The highest BCUT2D eigenvalue weighted by atomic mass is 32.1. The Balaban J connectivity index is 2.42. The van der Waals surface area contributed by atoms with E-state index in [1.807, 2.05) is 0 Å². The van der Waals surface area contributed by atoms with Gasteiger partial charge in [-0.05, 0) is 5.92 Å². The van der Waals surface area contributed by atoms with Crippen molar-refractivity contribution in [1.29, 1.82) is 0 Å². The first-order valence-electron chi connectivity index (χ1n) is 5.25. The van der Waals surface area contributed by atoms with Crippen molar-refractivity contribution in [1.82, 2.24) is 10.3 Å². The summed E-state index contributed by atoms with van der Waals surface area (Å²) < 4.78 is 0. The maximum Gasteiger partial charge on any atom is 0.245 e. The van der Waals surface area contributed by atoms with Gasteiger partial charge in [-0.15, -0.1) is 11.3 Å². The fourth-order valence-corrected chi connectivity index (χ4v) is 1.86. The van der Waals surface area contributed by atoms with E-state index >= 15 is 0 Å². The van der Waals surface area contributed by atoms with Gasteiger partial charge in [0.1, 0.15) is 0 Å². The van der Waals surface area contributed by atoms with Crippen molar-refractivity contribution < 1.29 is 9.59 Å². The summed E-state index contributed by atoms with van der Waals surface area (Å²) in [7, 11) is 0. The van der Waals surface area contributed by atoms with Crippen molar-refractivity contribution in [2.24, 2.45) is 5.73 Å². The number of nitrogens with one attached hydrogen (secondary N) is 2. The summed E-state index contributed by atoms with van der Waals surface area (Å²) in [6, 6.07) is 0. The Hall–Kier alpha value is -1.47. The van der Waals surface area contributed by atoms with Crippen LogP contribution >= 0.6 is 11.3 Å². The zero-order chi connectivity index (χ0) is 12.8. The molecule has 6 nitrogen and oxygen atoms in total. The molecule has 0 radical (unpaired) electrons. The van der Waals surface area contributed by atoms with Crippen LogP contribution in [-0.4, -0.2) is 29.9 Å². The molecule has 1 heterocycles. The van der Waals surface area contributed by atoms with Crippen molar-refractivity contribution in [2.45, 2.75) is 19.8 Å². The summed E-state index contributed by atoms with van der Waals surface area (Å²) in [5.41, 5.74) is 5.09. The largest absolute Gasteiger partial charge is 0.346 e. The number of carbonyl (C=O) groups is 2. The fraction of sp³-hybridized carbons (Fsp3) is 0.500. The molecule has 0 spiro atoms. The first kappa shape index (κ1) is 13.6. The molecular weight excluding hydrogens is 240 g/mol. The number of hydrogen-bond donors (Lipinski definition) is 3. The number of hydrogen-bond acceptors (Lipinski definition) is 5. The van der Waals surface area contributed by atoms with Gasteiger partial charge >= 0.3 is 0 Å². The van der Waals surface area contributed by atoms with Crippen molar-refractivity contribution in [2.75, 3.05) is 18.4 Å². The minimum Gasteiger partial charge on any atom is -0.346 e. The van der Waals surface area contributed by atoms with Gasteiger partial charge in [-0.1, -0.05) is 13.8 Å². The molecule has 4 N–H and O–H groups in total. The zero-order valence-electron chi connectivity index (χ0n) is 9.82. The summed E-state index contributed by atoms with van der Waals surface area (Å²) >= 11 is 1.43. The van der Waals surface area contributed by atoms with Gasteiger partial charge in [0.05, 0.1) is 13.1 Å². The van der Waals surface area contributed by atoms with E-state index in [-0.39, 0.29) is 24.9 Å². The highest BCUT2D eigenvalue weighted by Crippen LogP contribution is 2.24. The topological polar surface area (TPSA) is 97.1 Å². The predicted molar refractivity (Wildman–Crippen MR) is 66.9 cm³/mol. The number of nitrogens with zero attached hydrogens (tertiary/aromatic N) is 1. The number of aromatic nitrogens is 1. The molecule has 7 heteroatoms. The van der Waals surface area contributed by atoms with E-state index in [1.54, 1.807) is 6.20 Å². The van der Waals surface area contributed by atoms with Crippen LogP contribution in [-0.2, 0) is 9.59 Å². The number of carbonyl (C=O) groups excluding carboxylic acids is 2. The number of rotatable bonds is 5. The minimum atomic E-state index is -0.359. The lowest BCUT2D eigenvalue weighted by molar-refractivity contribution is -0.123. The van der Waals surface area contributed by atoms with Gasteiger partial charge in [0.15, 0.2) is 5.13 Å². The minimum absolute atomic E-state index is 0.0906. The van der Waals surface area contributed by atoms with E-state index in [1.165, 1.54) is 11.3 Å². The smallest absolute Gasteiger partial charge is 0.245 e. The van der Waals surface area contributed by atoms with E-state index in [9.17, 15) is 9.59 Å². The predicted octanol–water partition coefficient (Wildman–Crippen LogP) is 0.280. The number of amides is 2. The molecule has 94 valence electrons. The van der Waals surface area contributed by atoms with Crippen molar-refractivity contribution in [3.8, 4) is 0 Å². The molecule has 0 aliphatic rings.